The van der Waals surface area contributed by atoms with Gasteiger partial charge < -0.3 is 15.4 Å². The number of benzene rings is 1. The molecule has 158 valence electrons. The molecular formula is C20H31F3N4O. The summed E-state index contributed by atoms with van der Waals surface area (Å²) in [4.78, 5) is 7.10. The molecule has 0 aromatic heterocycles. The Hall–Kier alpha value is -1.80. The van der Waals surface area contributed by atoms with Crippen LogP contribution in [0.15, 0.2) is 29.3 Å². The summed E-state index contributed by atoms with van der Waals surface area (Å²) in [6.07, 6.45) is -1.85. The first-order chi connectivity index (χ1) is 13.4. The Labute approximate surface area is 165 Å². The van der Waals surface area contributed by atoms with Crippen LogP contribution < -0.4 is 10.6 Å². The molecule has 2 N–H and O–H groups in total. The van der Waals surface area contributed by atoms with Crippen LogP contribution in [-0.4, -0.2) is 55.9 Å². The third-order valence-electron chi connectivity index (χ3n) is 4.73. The molecule has 1 heterocycles. The molecular weight excluding hydrogens is 369 g/mol. The lowest BCUT2D eigenvalue weighted by molar-refractivity contribution is -0.176. The van der Waals surface area contributed by atoms with E-state index >= 15 is 0 Å². The van der Waals surface area contributed by atoms with Gasteiger partial charge in [-0.05, 0) is 44.0 Å². The minimum absolute atomic E-state index is 0.0530. The number of aliphatic imine (C=N–C) groups is 1. The molecule has 1 unspecified atom stereocenters. The molecule has 0 bridgehead atoms. The van der Waals surface area contributed by atoms with E-state index in [0.717, 1.165) is 37.7 Å². The predicted octanol–water partition coefficient (Wildman–Crippen LogP) is 3.30. The van der Waals surface area contributed by atoms with Crippen LogP contribution in [0.25, 0.3) is 0 Å². The highest BCUT2D eigenvalue weighted by Gasteiger charge is 2.27. The Kier molecular flexibility index (Phi) is 9.05. The quantitative estimate of drug-likeness (QED) is 0.493. The van der Waals surface area contributed by atoms with Crippen LogP contribution in [0.3, 0.4) is 0 Å². The molecule has 0 radical (unpaired) electrons. The Morgan fingerprint density at radius 2 is 1.89 bits per heavy atom. The summed E-state index contributed by atoms with van der Waals surface area (Å²) >= 11 is 0. The second kappa shape index (κ2) is 11.3. The number of likely N-dealkylation sites (N-methyl/N-ethyl adjacent to an activating group) is 1. The second-order valence-electron chi connectivity index (χ2n) is 6.93. The Morgan fingerprint density at radius 3 is 2.54 bits per heavy atom. The lowest BCUT2D eigenvalue weighted by Crippen LogP contribution is -2.44. The summed E-state index contributed by atoms with van der Waals surface area (Å²) in [6, 6.07) is 7.84. The van der Waals surface area contributed by atoms with Gasteiger partial charge in [-0.2, -0.15) is 13.2 Å². The summed E-state index contributed by atoms with van der Waals surface area (Å²) in [5, 5.41) is 6.68. The van der Waals surface area contributed by atoms with Crippen molar-refractivity contribution in [3.63, 3.8) is 0 Å². The molecule has 1 aromatic rings. The average Bonchev–Trinajstić information content (AvgIpc) is 3.11. The maximum atomic E-state index is 12.1. The van der Waals surface area contributed by atoms with Crippen molar-refractivity contribution < 1.29 is 17.9 Å². The van der Waals surface area contributed by atoms with Crippen LogP contribution in [0.5, 0.6) is 0 Å². The summed E-state index contributed by atoms with van der Waals surface area (Å²) in [6.45, 7) is 7.32. The van der Waals surface area contributed by atoms with Gasteiger partial charge in [0.1, 0.15) is 6.61 Å². The molecule has 1 fully saturated rings. The van der Waals surface area contributed by atoms with Crippen LogP contribution in [0.2, 0.25) is 0 Å². The largest absolute Gasteiger partial charge is 0.411 e. The van der Waals surface area contributed by atoms with Gasteiger partial charge in [-0.1, -0.05) is 31.2 Å². The number of ether oxygens (including phenoxy) is 1. The van der Waals surface area contributed by atoms with E-state index in [1.165, 1.54) is 12.8 Å². The van der Waals surface area contributed by atoms with Gasteiger partial charge in [0, 0.05) is 19.1 Å². The lowest BCUT2D eigenvalue weighted by Gasteiger charge is -2.24. The first kappa shape index (κ1) is 22.5. The zero-order chi connectivity index (χ0) is 20.4. The molecule has 0 saturated carbocycles. The number of halogens is 3. The van der Waals surface area contributed by atoms with E-state index in [4.69, 9.17) is 0 Å². The van der Waals surface area contributed by atoms with Gasteiger partial charge in [-0.25, -0.2) is 4.99 Å². The van der Waals surface area contributed by atoms with E-state index in [1.54, 1.807) is 12.1 Å². The number of likely N-dealkylation sites (tertiary alicyclic amines) is 1. The normalized spacial score (nSPS) is 18.5. The van der Waals surface area contributed by atoms with Crippen LogP contribution in [0.4, 0.5) is 13.2 Å². The summed E-state index contributed by atoms with van der Waals surface area (Å²) in [5.41, 5.74) is 1.70. The van der Waals surface area contributed by atoms with Crippen molar-refractivity contribution in [2.24, 2.45) is 4.99 Å². The lowest BCUT2D eigenvalue weighted by atomic mass is 10.1. The number of nitrogens with one attached hydrogen (secondary N) is 2. The molecule has 1 aliphatic rings. The molecule has 2 rings (SSSR count). The monoisotopic (exact) mass is 400 g/mol. The second-order valence-corrected chi connectivity index (χ2v) is 6.93. The molecule has 8 heteroatoms. The number of hydrogen-bond acceptors (Lipinski definition) is 3. The number of hydrogen-bond donors (Lipinski definition) is 2. The Balaban J connectivity index is 1.82. The van der Waals surface area contributed by atoms with Crippen molar-refractivity contribution in [3.8, 4) is 0 Å². The van der Waals surface area contributed by atoms with E-state index in [0.29, 0.717) is 18.2 Å². The van der Waals surface area contributed by atoms with E-state index < -0.39 is 12.8 Å². The van der Waals surface area contributed by atoms with E-state index in [9.17, 15) is 13.2 Å². The van der Waals surface area contributed by atoms with Crippen LogP contribution >= 0.6 is 0 Å². The van der Waals surface area contributed by atoms with Crippen molar-refractivity contribution >= 4 is 5.96 Å². The molecule has 0 spiro atoms. The highest BCUT2D eigenvalue weighted by Crippen LogP contribution is 2.16. The fourth-order valence-electron chi connectivity index (χ4n) is 3.29. The van der Waals surface area contributed by atoms with Crippen LogP contribution in [-0.2, 0) is 17.9 Å². The summed E-state index contributed by atoms with van der Waals surface area (Å²) in [7, 11) is 0. The molecule has 1 atom stereocenters. The molecule has 5 nitrogen and oxygen atoms in total. The smallest absolute Gasteiger partial charge is 0.367 e. The molecule has 1 saturated heterocycles. The minimum atomic E-state index is -4.29. The fourth-order valence-corrected chi connectivity index (χ4v) is 3.29. The number of alkyl halides is 3. The highest BCUT2D eigenvalue weighted by atomic mass is 19.4. The van der Waals surface area contributed by atoms with Crippen LogP contribution in [0.1, 0.15) is 37.8 Å². The SMILES string of the molecule is CCNC(=NCc1ccc(COCC(F)(F)F)cc1)NCC1CCCN1CC. The van der Waals surface area contributed by atoms with Gasteiger partial charge >= 0.3 is 6.18 Å². The Bertz CT molecular complexity index is 604. The third kappa shape index (κ3) is 8.06. The van der Waals surface area contributed by atoms with Crippen molar-refractivity contribution in [2.45, 2.75) is 52.1 Å². The van der Waals surface area contributed by atoms with Crippen molar-refractivity contribution in [1.82, 2.24) is 15.5 Å². The van der Waals surface area contributed by atoms with E-state index in [2.05, 4.69) is 32.2 Å². The molecule has 1 aliphatic heterocycles. The first-order valence-electron chi connectivity index (χ1n) is 9.89. The standard InChI is InChI=1S/C20H31F3N4O/c1-3-24-19(26-13-18-6-5-11-27(18)4-2)25-12-16-7-9-17(10-8-16)14-28-15-20(21,22)23/h7-10,18H,3-6,11-15H2,1-2H3,(H2,24,25,26). The van der Waals surface area contributed by atoms with E-state index in [1.807, 2.05) is 19.1 Å². The first-order valence-corrected chi connectivity index (χ1v) is 9.89. The number of guanidine groups is 1. The number of nitrogens with zero attached hydrogens (tertiary/aromatic N) is 2. The van der Waals surface area contributed by atoms with Gasteiger partial charge in [0.25, 0.3) is 0 Å². The van der Waals surface area contributed by atoms with Gasteiger partial charge in [0.05, 0.1) is 13.2 Å². The fraction of sp³-hybridized carbons (Fsp3) is 0.650. The highest BCUT2D eigenvalue weighted by molar-refractivity contribution is 5.79. The number of rotatable bonds is 9. The van der Waals surface area contributed by atoms with Gasteiger partial charge in [-0.15, -0.1) is 0 Å². The molecule has 0 aliphatic carbocycles. The van der Waals surface area contributed by atoms with Crippen molar-refractivity contribution in [3.05, 3.63) is 35.4 Å². The predicted molar refractivity (Wildman–Crippen MR) is 105 cm³/mol. The van der Waals surface area contributed by atoms with Gasteiger partial charge in [0.2, 0.25) is 0 Å². The maximum absolute atomic E-state index is 12.1. The van der Waals surface area contributed by atoms with E-state index in [-0.39, 0.29) is 6.61 Å². The summed E-state index contributed by atoms with van der Waals surface area (Å²) in [5.74, 6) is 0.781. The molecule has 1 aromatic carbocycles. The molecule has 28 heavy (non-hydrogen) atoms. The zero-order valence-corrected chi connectivity index (χ0v) is 16.7. The maximum Gasteiger partial charge on any atom is 0.411 e. The van der Waals surface area contributed by atoms with Crippen molar-refractivity contribution in [2.75, 3.05) is 32.8 Å². The van der Waals surface area contributed by atoms with Crippen molar-refractivity contribution in [1.29, 1.82) is 0 Å². The third-order valence-corrected chi connectivity index (χ3v) is 4.73. The van der Waals surface area contributed by atoms with Gasteiger partial charge in [-0.3, -0.25) is 4.90 Å². The summed E-state index contributed by atoms with van der Waals surface area (Å²) < 4.78 is 41.0. The molecule has 0 amide bonds. The Morgan fingerprint density at radius 1 is 1.18 bits per heavy atom. The van der Waals surface area contributed by atoms with Crippen LogP contribution in [0, 0.1) is 0 Å². The minimum Gasteiger partial charge on any atom is -0.367 e. The zero-order valence-electron chi connectivity index (χ0n) is 16.7. The topological polar surface area (TPSA) is 48.9 Å². The van der Waals surface area contributed by atoms with Gasteiger partial charge in [0.15, 0.2) is 5.96 Å². The average molecular weight is 400 g/mol.